The van der Waals surface area contributed by atoms with E-state index in [0.717, 1.165) is 16.6 Å². The van der Waals surface area contributed by atoms with Crippen LogP contribution in [0.5, 0.6) is 0 Å². The first-order chi connectivity index (χ1) is 6.40. The lowest BCUT2D eigenvalue weighted by atomic mass is 10.2. The van der Waals surface area contributed by atoms with Crippen molar-refractivity contribution in [3.8, 4) is 11.8 Å². The average Bonchev–Trinajstić information content (AvgIpc) is 2.61. The highest BCUT2D eigenvalue weighted by Gasteiger charge is 1.94. The van der Waals surface area contributed by atoms with E-state index < -0.39 is 0 Å². The summed E-state index contributed by atoms with van der Waals surface area (Å²) in [6, 6.07) is 3.89. The average molecular weight is 171 g/mol. The van der Waals surface area contributed by atoms with E-state index in [9.17, 15) is 0 Å². The van der Waals surface area contributed by atoms with Gasteiger partial charge in [-0.25, -0.2) is 0 Å². The molecule has 2 aromatic heterocycles. The lowest BCUT2D eigenvalue weighted by Crippen LogP contribution is -1.93. The molecule has 0 atom stereocenters. The zero-order valence-corrected chi connectivity index (χ0v) is 7.04. The van der Waals surface area contributed by atoms with Crippen LogP contribution in [0, 0.1) is 11.8 Å². The summed E-state index contributed by atoms with van der Waals surface area (Å²) in [4.78, 5) is 7.29. The van der Waals surface area contributed by atoms with Crippen molar-refractivity contribution in [2.24, 2.45) is 5.73 Å². The molecule has 0 spiro atoms. The fourth-order valence-electron chi connectivity index (χ4n) is 1.16. The van der Waals surface area contributed by atoms with E-state index in [2.05, 4.69) is 21.8 Å². The Morgan fingerprint density at radius 3 is 3.31 bits per heavy atom. The molecule has 0 saturated carbocycles. The Bertz CT molecular complexity index is 473. The third-order valence-corrected chi connectivity index (χ3v) is 1.73. The van der Waals surface area contributed by atoms with Crippen LogP contribution in [0.2, 0.25) is 0 Å². The molecule has 2 rings (SSSR count). The number of aromatic amines is 1. The highest BCUT2D eigenvalue weighted by molar-refractivity contribution is 5.75. The van der Waals surface area contributed by atoms with Crippen LogP contribution in [0.1, 0.15) is 5.56 Å². The second kappa shape index (κ2) is 3.30. The molecule has 0 aliphatic carbocycles. The second-order valence-electron chi connectivity index (χ2n) is 2.64. The summed E-state index contributed by atoms with van der Waals surface area (Å²) in [7, 11) is 0. The normalized spacial score (nSPS) is 9.62. The first-order valence-electron chi connectivity index (χ1n) is 4.02. The number of H-pyrrole nitrogens is 1. The Hall–Kier alpha value is -1.79. The van der Waals surface area contributed by atoms with Gasteiger partial charge < -0.3 is 10.7 Å². The standard InChI is InChI=1S/C10H9N3/c11-4-1-2-8-6-10-9(13-7-8)3-5-12-10/h3,5-7,12H,4,11H2. The molecule has 0 bridgehead atoms. The van der Waals surface area contributed by atoms with Gasteiger partial charge in [-0.05, 0) is 12.1 Å². The Balaban J connectivity index is 2.48. The Labute approximate surface area is 76.0 Å². The van der Waals surface area contributed by atoms with Gasteiger partial charge in [-0.2, -0.15) is 0 Å². The van der Waals surface area contributed by atoms with Gasteiger partial charge >= 0.3 is 0 Å². The summed E-state index contributed by atoms with van der Waals surface area (Å²) in [5, 5.41) is 0. The number of fused-ring (bicyclic) bond motifs is 1. The van der Waals surface area contributed by atoms with Gasteiger partial charge in [-0.1, -0.05) is 11.8 Å². The number of aromatic nitrogens is 2. The van der Waals surface area contributed by atoms with Gasteiger partial charge in [0.25, 0.3) is 0 Å². The number of rotatable bonds is 0. The van der Waals surface area contributed by atoms with Crippen LogP contribution in [0.15, 0.2) is 24.5 Å². The zero-order chi connectivity index (χ0) is 9.10. The van der Waals surface area contributed by atoms with Crippen molar-refractivity contribution in [2.45, 2.75) is 0 Å². The molecule has 2 heterocycles. The molecule has 0 amide bonds. The predicted octanol–water partition coefficient (Wildman–Crippen LogP) is 0.873. The Kier molecular flexibility index (Phi) is 1.99. The van der Waals surface area contributed by atoms with Crippen molar-refractivity contribution in [3.05, 3.63) is 30.1 Å². The topological polar surface area (TPSA) is 54.7 Å². The smallest absolute Gasteiger partial charge is 0.0879 e. The minimum atomic E-state index is 0.378. The van der Waals surface area contributed by atoms with Gasteiger partial charge in [0.05, 0.1) is 17.6 Å². The minimum absolute atomic E-state index is 0.378. The van der Waals surface area contributed by atoms with E-state index >= 15 is 0 Å². The van der Waals surface area contributed by atoms with Crippen LogP contribution in [-0.2, 0) is 0 Å². The molecule has 13 heavy (non-hydrogen) atoms. The summed E-state index contributed by atoms with van der Waals surface area (Å²) in [5.41, 5.74) is 8.12. The van der Waals surface area contributed by atoms with Crippen LogP contribution in [-0.4, -0.2) is 16.5 Å². The van der Waals surface area contributed by atoms with Gasteiger partial charge in [0.1, 0.15) is 0 Å². The lowest BCUT2D eigenvalue weighted by Gasteiger charge is -1.90. The highest BCUT2D eigenvalue weighted by atomic mass is 14.7. The molecule has 0 saturated heterocycles. The number of nitrogens with two attached hydrogens (primary N) is 1. The highest BCUT2D eigenvalue weighted by Crippen LogP contribution is 2.09. The summed E-state index contributed by atoms with van der Waals surface area (Å²) in [6.45, 7) is 0.378. The molecule has 0 fully saturated rings. The molecule has 0 radical (unpaired) electrons. The van der Waals surface area contributed by atoms with E-state index in [-0.39, 0.29) is 0 Å². The zero-order valence-electron chi connectivity index (χ0n) is 7.04. The van der Waals surface area contributed by atoms with Crippen molar-refractivity contribution in [1.29, 1.82) is 0 Å². The van der Waals surface area contributed by atoms with Crippen LogP contribution in [0.4, 0.5) is 0 Å². The van der Waals surface area contributed by atoms with Gasteiger partial charge in [-0.3, -0.25) is 4.98 Å². The van der Waals surface area contributed by atoms with E-state index in [0.29, 0.717) is 6.54 Å². The molecule has 3 N–H and O–H groups in total. The molecule has 3 heteroatoms. The molecule has 2 aromatic rings. The third-order valence-electron chi connectivity index (χ3n) is 1.73. The van der Waals surface area contributed by atoms with E-state index in [1.54, 1.807) is 6.20 Å². The number of pyridine rings is 1. The predicted molar refractivity (Wildman–Crippen MR) is 52.0 cm³/mol. The van der Waals surface area contributed by atoms with Gasteiger partial charge in [0.15, 0.2) is 0 Å². The molecule has 0 aliphatic heterocycles. The van der Waals surface area contributed by atoms with Gasteiger partial charge in [-0.15, -0.1) is 0 Å². The van der Waals surface area contributed by atoms with E-state index in [1.807, 2.05) is 18.3 Å². The molecule has 3 nitrogen and oxygen atoms in total. The number of hydrogen-bond acceptors (Lipinski definition) is 2. The third kappa shape index (κ3) is 1.53. The van der Waals surface area contributed by atoms with Crippen LogP contribution < -0.4 is 5.73 Å². The maximum absolute atomic E-state index is 5.27. The maximum atomic E-state index is 5.27. The van der Waals surface area contributed by atoms with Gasteiger partial charge in [0, 0.05) is 18.0 Å². The first kappa shape index (κ1) is 7.84. The Morgan fingerprint density at radius 1 is 1.54 bits per heavy atom. The molecule has 0 aromatic carbocycles. The fourth-order valence-corrected chi connectivity index (χ4v) is 1.16. The number of nitrogens with one attached hydrogen (secondary N) is 1. The van der Waals surface area contributed by atoms with Crippen LogP contribution in [0.25, 0.3) is 11.0 Å². The second-order valence-corrected chi connectivity index (χ2v) is 2.64. The molecule has 64 valence electrons. The number of nitrogens with zero attached hydrogens (tertiary/aromatic N) is 1. The van der Waals surface area contributed by atoms with Crippen molar-refractivity contribution >= 4 is 11.0 Å². The molecular formula is C10H9N3. The number of hydrogen-bond donors (Lipinski definition) is 2. The minimum Gasteiger partial charge on any atom is -0.360 e. The van der Waals surface area contributed by atoms with Crippen LogP contribution >= 0.6 is 0 Å². The first-order valence-corrected chi connectivity index (χ1v) is 4.02. The largest absolute Gasteiger partial charge is 0.360 e. The van der Waals surface area contributed by atoms with E-state index in [1.165, 1.54) is 0 Å². The fraction of sp³-hybridized carbons (Fsp3) is 0.100. The van der Waals surface area contributed by atoms with Crippen LogP contribution in [0.3, 0.4) is 0 Å². The Morgan fingerprint density at radius 2 is 2.46 bits per heavy atom. The molecular weight excluding hydrogens is 162 g/mol. The monoisotopic (exact) mass is 171 g/mol. The molecule has 0 aliphatic rings. The quantitative estimate of drug-likeness (QED) is 0.578. The van der Waals surface area contributed by atoms with Crippen molar-refractivity contribution < 1.29 is 0 Å². The summed E-state index contributed by atoms with van der Waals surface area (Å²) in [5.74, 6) is 5.71. The SMILES string of the molecule is NCC#Cc1cnc2cc[nH]c2c1. The summed E-state index contributed by atoms with van der Waals surface area (Å²) < 4.78 is 0. The van der Waals surface area contributed by atoms with Gasteiger partial charge in [0.2, 0.25) is 0 Å². The van der Waals surface area contributed by atoms with E-state index in [4.69, 9.17) is 5.73 Å². The maximum Gasteiger partial charge on any atom is 0.0879 e. The summed E-state index contributed by atoms with van der Waals surface area (Å²) in [6.07, 6.45) is 3.61. The lowest BCUT2D eigenvalue weighted by molar-refractivity contribution is 1.30. The molecule has 0 unspecified atom stereocenters. The summed E-state index contributed by atoms with van der Waals surface area (Å²) >= 11 is 0. The van der Waals surface area contributed by atoms with Crippen molar-refractivity contribution in [2.75, 3.05) is 6.54 Å². The van der Waals surface area contributed by atoms with Crippen molar-refractivity contribution in [3.63, 3.8) is 0 Å². The van der Waals surface area contributed by atoms with Crippen molar-refractivity contribution in [1.82, 2.24) is 9.97 Å².